The monoisotopic (exact) mass is 338 g/mol. The molecule has 1 aliphatic heterocycles. The van der Waals surface area contributed by atoms with E-state index in [0.29, 0.717) is 13.2 Å². The Labute approximate surface area is 136 Å². The quantitative estimate of drug-likeness (QED) is 0.848. The molecular weight excluding hydrogens is 316 g/mol. The lowest BCUT2D eigenvalue weighted by atomic mass is 9.74. The molecule has 1 unspecified atom stereocenters. The summed E-state index contributed by atoms with van der Waals surface area (Å²) in [7, 11) is -2.25. The van der Waals surface area contributed by atoms with Gasteiger partial charge in [0.05, 0.1) is 6.04 Å². The third kappa shape index (κ3) is 3.27. The first-order chi connectivity index (χ1) is 11.0. The van der Waals surface area contributed by atoms with Crippen LogP contribution in [0.25, 0.3) is 0 Å². The highest BCUT2D eigenvalue weighted by molar-refractivity contribution is 7.90. The number of ether oxygens (including phenoxy) is 1. The van der Waals surface area contributed by atoms with Crippen LogP contribution in [0.5, 0.6) is 0 Å². The van der Waals surface area contributed by atoms with Crippen LogP contribution in [0.15, 0.2) is 24.3 Å². The Bertz CT molecular complexity index is 696. The molecular formula is C16H22N2O4S. The highest BCUT2D eigenvalue weighted by atomic mass is 32.2. The molecule has 1 aromatic carbocycles. The van der Waals surface area contributed by atoms with Crippen LogP contribution in [0.2, 0.25) is 0 Å². The Morgan fingerprint density at radius 3 is 2.70 bits per heavy atom. The predicted molar refractivity (Wildman–Crippen MR) is 86.4 cm³/mol. The largest absolute Gasteiger partial charge is 0.381 e. The van der Waals surface area contributed by atoms with Crippen molar-refractivity contribution >= 4 is 15.9 Å². The molecule has 1 aliphatic carbocycles. The van der Waals surface area contributed by atoms with Crippen LogP contribution in [0.1, 0.15) is 30.0 Å². The van der Waals surface area contributed by atoms with E-state index < -0.39 is 21.7 Å². The Balaban J connectivity index is 1.85. The molecule has 1 amide bonds. The molecule has 1 aromatic rings. The summed E-state index contributed by atoms with van der Waals surface area (Å²) < 4.78 is 30.9. The number of benzene rings is 1. The molecule has 1 fully saturated rings. The van der Waals surface area contributed by atoms with E-state index in [1.807, 2.05) is 18.2 Å². The number of hydrogen-bond acceptors (Lipinski definition) is 4. The van der Waals surface area contributed by atoms with Crippen molar-refractivity contribution in [2.45, 2.75) is 25.3 Å². The van der Waals surface area contributed by atoms with Crippen LogP contribution in [0.3, 0.4) is 0 Å². The fourth-order valence-corrected chi connectivity index (χ4v) is 4.28. The van der Waals surface area contributed by atoms with Crippen LogP contribution < -0.4 is 10.0 Å². The van der Waals surface area contributed by atoms with Crippen molar-refractivity contribution in [1.82, 2.24) is 10.0 Å². The SMILES string of the molecule is CNS(=O)(=O)CC(=O)NC1c2ccccc2CC12CCOCC2. The number of sulfonamides is 1. The number of carbonyl (C=O) groups excluding carboxylic acids is 1. The van der Waals surface area contributed by atoms with E-state index in [-0.39, 0.29) is 11.5 Å². The van der Waals surface area contributed by atoms with Gasteiger partial charge in [-0.15, -0.1) is 0 Å². The van der Waals surface area contributed by atoms with Crippen molar-refractivity contribution in [2.24, 2.45) is 5.41 Å². The van der Waals surface area contributed by atoms with E-state index in [1.165, 1.54) is 12.6 Å². The van der Waals surface area contributed by atoms with Crippen LogP contribution in [-0.4, -0.2) is 40.3 Å². The minimum atomic E-state index is -3.57. The van der Waals surface area contributed by atoms with E-state index >= 15 is 0 Å². The van der Waals surface area contributed by atoms with Crippen LogP contribution in [0.4, 0.5) is 0 Å². The molecule has 0 aromatic heterocycles. The Morgan fingerprint density at radius 2 is 2.00 bits per heavy atom. The highest BCUT2D eigenvalue weighted by Crippen LogP contribution is 2.51. The Kier molecular flexibility index (Phi) is 4.44. The molecule has 3 rings (SSSR count). The molecule has 2 N–H and O–H groups in total. The number of nitrogens with one attached hydrogen (secondary N) is 2. The zero-order valence-electron chi connectivity index (χ0n) is 13.2. The Morgan fingerprint density at radius 1 is 1.30 bits per heavy atom. The van der Waals surface area contributed by atoms with Gasteiger partial charge in [-0.3, -0.25) is 4.79 Å². The predicted octanol–water partition coefficient (Wildman–Crippen LogP) is 0.746. The molecule has 126 valence electrons. The average Bonchev–Trinajstić information content (AvgIpc) is 2.81. The molecule has 1 saturated heterocycles. The summed E-state index contributed by atoms with van der Waals surface area (Å²) in [5, 5.41) is 2.97. The summed E-state index contributed by atoms with van der Waals surface area (Å²) in [6, 6.07) is 7.92. The molecule has 7 heteroatoms. The summed E-state index contributed by atoms with van der Waals surface area (Å²) in [5.74, 6) is -1.01. The summed E-state index contributed by atoms with van der Waals surface area (Å²) in [6.07, 6.45) is 2.63. The first kappa shape index (κ1) is 16.4. The zero-order chi connectivity index (χ0) is 16.5. The molecule has 1 heterocycles. The number of hydrogen-bond donors (Lipinski definition) is 2. The van der Waals surface area contributed by atoms with Crippen molar-refractivity contribution in [3.63, 3.8) is 0 Å². The summed E-state index contributed by atoms with van der Waals surface area (Å²) >= 11 is 0. The normalized spacial score (nSPS) is 22.7. The van der Waals surface area contributed by atoms with Crippen LogP contribution in [-0.2, 0) is 26.0 Å². The highest BCUT2D eigenvalue weighted by Gasteiger charge is 2.47. The first-order valence-corrected chi connectivity index (χ1v) is 9.47. The second kappa shape index (κ2) is 6.22. The minimum absolute atomic E-state index is 0.0685. The van der Waals surface area contributed by atoms with Gasteiger partial charge in [0.2, 0.25) is 15.9 Å². The smallest absolute Gasteiger partial charge is 0.237 e. The van der Waals surface area contributed by atoms with Gasteiger partial charge in [0.1, 0.15) is 5.75 Å². The van der Waals surface area contributed by atoms with E-state index in [4.69, 9.17) is 4.74 Å². The van der Waals surface area contributed by atoms with Crippen molar-refractivity contribution in [3.8, 4) is 0 Å². The number of fused-ring (bicyclic) bond motifs is 1. The molecule has 23 heavy (non-hydrogen) atoms. The van der Waals surface area contributed by atoms with Gasteiger partial charge in [-0.25, -0.2) is 13.1 Å². The maximum absolute atomic E-state index is 12.2. The topological polar surface area (TPSA) is 84.5 Å². The van der Waals surface area contributed by atoms with Gasteiger partial charge in [-0.05, 0) is 37.4 Å². The molecule has 2 aliphatic rings. The summed E-state index contributed by atoms with van der Waals surface area (Å²) in [6.45, 7) is 1.35. The Hall–Kier alpha value is -1.44. The molecule has 1 atom stereocenters. The molecule has 6 nitrogen and oxygen atoms in total. The lowest BCUT2D eigenvalue weighted by molar-refractivity contribution is -0.121. The van der Waals surface area contributed by atoms with E-state index in [9.17, 15) is 13.2 Å². The van der Waals surface area contributed by atoms with E-state index in [1.54, 1.807) is 0 Å². The number of rotatable bonds is 4. The van der Waals surface area contributed by atoms with Gasteiger partial charge < -0.3 is 10.1 Å². The van der Waals surface area contributed by atoms with Crippen LogP contribution in [0, 0.1) is 5.41 Å². The maximum Gasteiger partial charge on any atom is 0.237 e. The van der Waals surface area contributed by atoms with Gasteiger partial charge in [0, 0.05) is 18.6 Å². The first-order valence-electron chi connectivity index (χ1n) is 7.82. The third-order valence-corrected chi connectivity index (χ3v) is 6.21. The van der Waals surface area contributed by atoms with Crippen molar-refractivity contribution in [3.05, 3.63) is 35.4 Å². The van der Waals surface area contributed by atoms with Gasteiger partial charge in [0.25, 0.3) is 0 Å². The number of amides is 1. The average molecular weight is 338 g/mol. The van der Waals surface area contributed by atoms with Gasteiger partial charge in [0.15, 0.2) is 0 Å². The number of carbonyl (C=O) groups is 1. The third-order valence-electron chi connectivity index (χ3n) is 4.95. The van der Waals surface area contributed by atoms with Gasteiger partial charge >= 0.3 is 0 Å². The maximum atomic E-state index is 12.2. The van der Waals surface area contributed by atoms with Crippen LogP contribution >= 0.6 is 0 Å². The molecule has 1 spiro atoms. The molecule has 0 bridgehead atoms. The van der Waals surface area contributed by atoms with Crippen molar-refractivity contribution in [1.29, 1.82) is 0 Å². The van der Waals surface area contributed by atoms with Gasteiger partial charge in [-0.2, -0.15) is 0 Å². The fraction of sp³-hybridized carbons (Fsp3) is 0.562. The second-order valence-electron chi connectivity index (χ2n) is 6.31. The standard InChI is InChI=1S/C16H22N2O4S/c1-17-23(20,21)11-14(19)18-15-13-5-3-2-4-12(13)10-16(15)6-8-22-9-7-16/h2-5,15,17H,6-11H2,1H3,(H,18,19). The second-order valence-corrected chi connectivity index (χ2v) is 8.24. The summed E-state index contributed by atoms with van der Waals surface area (Å²) in [4.78, 5) is 12.2. The summed E-state index contributed by atoms with van der Waals surface area (Å²) in [5.41, 5.74) is 2.27. The van der Waals surface area contributed by atoms with E-state index in [0.717, 1.165) is 24.8 Å². The molecule has 0 radical (unpaired) electrons. The van der Waals surface area contributed by atoms with Crippen molar-refractivity contribution < 1.29 is 17.9 Å². The lowest BCUT2D eigenvalue weighted by Gasteiger charge is -2.39. The fourth-order valence-electron chi connectivity index (χ4n) is 3.71. The van der Waals surface area contributed by atoms with E-state index in [2.05, 4.69) is 16.1 Å². The lowest BCUT2D eigenvalue weighted by Crippen LogP contribution is -2.44. The van der Waals surface area contributed by atoms with Crippen molar-refractivity contribution in [2.75, 3.05) is 26.0 Å². The minimum Gasteiger partial charge on any atom is -0.381 e. The van der Waals surface area contributed by atoms with Gasteiger partial charge in [-0.1, -0.05) is 24.3 Å². The molecule has 0 saturated carbocycles. The zero-order valence-corrected chi connectivity index (χ0v) is 14.0.